The van der Waals surface area contributed by atoms with Gasteiger partial charge in [-0.3, -0.25) is 0 Å². The largest absolute Gasteiger partial charge is 0.454 e. The topological polar surface area (TPSA) is 48.1 Å². The van der Waals surface area contributed by atoms with Gasteiger partial charge in [0.05, 0.1) is 23.0 Å². The molecule has 3 aromatic carbocycles. The van der Waals surface area contributed by atoms with Gasteiger partial charge >= 0.3 is 0 Å². The maximum atomic E-state index is 5.41. The Morgan fingerprint density at radius 1 is 0.929 bits per heavy atom. The Labute approximate surface area is 165 Å². The van der Waals surface area contributed by atoms with Crippen LogP contribution in [-0.4, -0.2) is 17.6 Å². The van der Waals surface area contributed by atoms with Gasteiger partial charge in [0.15, 0.2) is 11.5 Å². The fraction of sp³-hybridized carbons (Fsp3) is 0.0909. The molecule has 0 bridgehead atoms. The molecule has 1 aliphatic heterocycles. The Hall–Kier alpha value is -3.38. The predicted molar refractivity (Wildman–Crippen MR) is 111 cm³/mol. The number of thiazole rings is 1. The predicted octanol–water partition coefficient (Wildman–Crippen LogP) is 4.41. The molecule has 138 valence electrons. The van der Waals surface area contributed by atoms with E-state index in [-0.39, 0.29) is 6.79 Å². The Morgan fingerprint density at radius 3 is 2.68 bits per heavy atom. The number of para-hydroxylation sites is 1. The van der Waals surface area contributed by atoms with E-state index in [1.807, 2.05) is 30.3 Å². The van der Waals surface area contributed by atoms with Crippen molar-refractivity contribution in [2.24, 2.45) is 10.2 Å². The van der Waals surface area contributed by atoms with Crippen LogP contribution in [0.5, 0.6) is 11.5 Å². The highest BCUT2D eigenvalue weighted by Gasteiger charge is 2.12. The summed E-state index contributed by atoms with van der Waals surface area (Å²) >= 11 is 1.64. The number of hydrogen-bond donors (Lipinski definition) is 0. The van der Waals surface area contributed by atoms with E-state index in [1.165, 1.54) is 10.3 Å². The number of nitrogens with zero attached hydrogens (tertiary/aromatic N) is 3. The standard InChI is InChI=1S/C22H17N3O2S/c1-2-6-16(7-3-1)14-25-18-8-4-5-9-21(18)28-22(25)24-23-13-17-10-11-19-20(12-17)27-15-26-19/h1-13H,14-15H2/b23-13-,24-22+. The molecule has 0 unspecified atom stereocenters. The quantitative estimate of drug-likeness (QED) is 0.385. The molecule has 0 radical (unpaired) electrons. The van der Waals surface area contributed by atoms with Gasteiger partial charge in [0.2, 0.25) is 11.6 Å². The monoisotopic (exact) mass is 387 g/mol. The Morgan fingerprint density at radius 2 is 1.75 bits per heavy atom. The molecule has 1 aromatic heterocycles. The van der Waals surface area contributed by atoms with Crippen molar-refractivity contribution in [3.05, 3.63) is 88.7 Å². The van der Waals surface area contributed by atoms with Gasteiger partial charge < -0.3 is 14.0 Å². The highest BCUT2D eigenvalue weighted by Crippen LogP contribution is 2.32. The molecule has 5 nitrogen and oxygen atoms in total. The first-order valence-electron chi connectivity index (χ1n) is 8.96. The number of benzene rings is 3. The van der Waals surface area contributed by atoms with E-state index in [4.69, 9.17) is 9.47 Å². The number of hydrogen-bond acceptors (Lipinski definition) is 5. The summed E-state index contributed by atoms with van der Waals surface area (Å²) in [5, 5.41) is 8.84. The SMILES string of the molecule is C(=N/N=c1/sc2ccccc2n1Cc1ccccc1)/c1ccc2c(c1)OCO2. The van der Waals surface area contributed by atoms with Crippen LogP contribution >= 0.6 is 11.3 Å². The van der Waals surface area contributed by atoms with E-state index in [9.17, 15) is 0 Å². The first-order valence-corrected chi connectivity index (χ1v) is 9.77. The van der Waals surface area contributed by atoms with Crippen LogP contribution in [0.2, 0.25) is 0 Å². The van der Waals surface area contributed by atoms with E-state index >= 15 is 0 Å². The zero-order valence-corrected chi connectivity index (χ0v) is 15.8. The highest BCUT2D eigenvalue weighted by atomic mass is 32.1. The fourth-order valence-corrected chi connectivity index (χ4v) is 4.14. The smallest absolute Gasteiger partial charge is 0.231 e. The average Bonchev–Trinajstić information content (AvgIpc) is 3.33. The normalized spacial score (nSPS) is 13.6. The molecule has 4 aromatic rings. The van der Waals surface area contributed by atoms with Crippen LogP contribution < -0.4 is 14.3 Å². The van der Waals surface area contributed by atoms with E-state index in [0.29, 0.717) is 0 Å². The summed E-state index contributed by atoms with van der Waals surface area (Å²) < 4.78 is 14.1. The summed E-state index contributed by atoms with van der Waals surface area (Å²) in [4.78, 5) is 0.863. The molecule has 1 aliphatic rings. The molecule has 2 heterocycles. The second-order valence-electron chi connectivity index (χ2n) is 6.38. The van der Waals surface area contributed by atoms with E-state index in [0.717, 1.165) is 33.9 Å². The lowest BCUT2D eigenvalue weighted by atomic mass is 10.2. The number of aromatic nitrogens is 1. The Bertz CT molecular complexity index is 1230. The minimum Gasteiger partial charge on any atom is -0.454 e. The second-order valence-corrected chi connectivity index (χ2v) is 7.39. The van der Waals surface area contributed by atoms with Gasteiger partial charge in [-0.25, -0.2) is 0 Å². The molecule has 0 saturated carbocycles. The molecule has 0 aliphatic carbocycles. The lowest BCUT2D eigenvalue weighted by Crippen LogP contribution is -2.15. The third kappa shape index (κ3) is 3.30. The van der Waals surface area contributed by atoms with Crippen LogP contribution in [0.4, 0.5) is 0 Å². The summed E-state index contributed by atoms with van der Waals surface area (Å²) in [5.74, 6) is 1.50. The number of ether oxygens (including phenoxy) is 2. The molecule has 0 N–H and O–H groups in total. The summed E-state index contributed by atoms with van der Waals surface area (Å²) in [6, 6.07) is 24.5. The number of rotatable bonds is 4. The Balaban J connectivity index is 1.51. The molecular formula is C22H17N3O2S. The minimum atomic E-state index is 0.265. The first kappa shape index (κ1) is 16.8. The molecule has 6 heteroatoms. The van der Waals surface area contributed by atoms with Crippen LogP contribution in [0.25, 0.3) is 10.2 Å². The first-order chi connectivity index (χ1) is 13.9. The van der Waals surface area contributed by atoms with Gasteiger partial charge in [-0.15, -0.1) is 5.10 Å². The summed E-state index contributed by atoms with van der Waals surface area (Å²) in [7, 11) is 0. The third-order valence-electron chi connectivity index (χ3n) is 4.52. The molecule has 0 saturated heterocycles. The second kappa shape index (κ2) is 7.32. The lowest BCUT2D eigenvalue weighted by molar-refractivity contribution is 0.174. The van der Waals surface area contributed by atoms with Crippen molar-refractivity contribution in [2.75, 3.05) is 6.79 Å². The van der Waals surface area contributed by atoms with Crippen LogP contribution in [0, 0.1) is 0 Å². The number of fused-ring (bicyclic) bond motifs is 2. The highest BCUT2D eigenvalue weighted by molar-refractivity contribution is 7.16. The maximum absolute atomic E-state index is 5.41. The van der Waals surface area contributed by atoms with Crippen LogP contribution in [0.3, 0.4) is 0 Å². The van der Waals surface area contributed by atoms with Crippen molar-refractivity contribution in [3.8, 4) is 11.5 Å². The molecule has 0 spiro atoms. The minimum absolute atomic E-state index is 0.265. The van der Waals surface area contributed by atoms with Crippen molar-refractivity contribution in [3.63, 3.8) is 0 Å². The molecule has 5 rings (SSSR count). The van der Waals surface area contributed by atoms with Crippen molar-refractivity contribution >= 4 is 27.8 Å². The lowest BCUT2D eigenvalue weighted by Gasteiger charge is -2.04. The third-order valence-corrected chi connectivity index (χ3v) is 5.57. The zero-order chi connectivity index (χ0) is 18.8. The van der Waals surface area contributed by atoms with E-state index < -0.39 is 0 Å². The van der Waals surface area contributed by atoms with Gasteiger partial charge in [0, 0.05) is 0 Å². The van der Waals surface area contributed by atoms with E-state index in [1.54, 1.807) is 17.6 Å². The van der Waals surface area contributed by atoms with Gasteiger partial charge in [-0.05, 0) is 41.5 Å². The maximum Gasteiger partial charge on any atom is 0.231 e. The van der Waals surface area contributed by atoms with Crippen LogP contribution in [0.15, 0.2) is 83.0 Å². The zero-order valence-electron chi connectivity index (χ0n) is 15.0. The Kier molecular flexibility index (Phi) is 4.39. The molecule has 0 atom stereocenters. The van der Waals surface area contributed by atoms with Crippen molar-refractivity contribution in [1.29, 1.82) is 0 Å². The van der Waals surface area contributed by atoms with Gasteiger partial charge in [-0.2, -0.15) is 5.10 Å². The molecule has 28 heavy (non-hydrogen) atoms. The van der Waals surface area contributed by atoms with Crippen molar-refractivity contribution in [2.45, 2.75) is 6.54 Å². The summed E-state index contributed by atoms with van der Waals surface area (Å²) in [6.45, 7) is 1.02. The fourth-order valence-electron chi connectivity index (χ4n) is 3.15. The van der Waals surface area contributed by atoms with E-state index in [2.05, 4.69) is 57.2 Å². The summed E-state index contributed by atoms with van der Waals surface area (Å²) in [5.41, 5.74) is 3.31. The van der Waals surface area contributed by atoms with Gasteiger partial charge in [0.1, 0.15) is 0 Å². The average molecular weight is 387 g/mol. The molecular weight excluding hydrogens is 370 g/mol. The summed E-state index contributed by atoms with van der Waals surface area (Å²) in [6.07, 6.45) is 1.74. The van der Waals surface area contributed by atoms with Crippen molar-refractivity contribution < 1.29 is 9.47 Å². The van der Waals surface area contributed by atoms with Crippen LogP contribution in [-0.2, 0) is 6.54 Å². The van der Waals surface area contributed by atoms with Gasteiger partial charge in [-0.1, -0.05) is 53.8 Å². The van der Waals surface area contributed by atoms with Gasteiger partial charge in [0.25, 0.3) is 0 Å². The molecule has 0 amide bonds. The van der Waals surface area contributed by atoms with Crippen LogP contribution in [0.1, 0.15) is 11.1 Å². The van der Waals surface area contributed by atoms with Crippen molar-refractivity contribution in [1.82, 2.24) is 4.57 Å². The molecule has 0 fully saturated rings.